The Labute approximate surface area is 102 Å². The van der Waals surface area contributed by atoms with Crippen molar-refractivity contribution >= 4 is 0 Å². The number of aliphatic hydroxyl groups excluding tert-OH is 1. The Morgan fingerprint density at radius 1 is 1.41 bits per heavy atom. The molecule has 0 radical (unpaired) electrons. The van der Waals surface area contributed by atoms with Crippen LogP contribution < -0.4 is 0 Å². The summed E-state index contributed by atoms with van der Waals surface area (Å²) in [7, 11) is 0. The van der Waals surface area contributed by atoms with Crippen molar-refractivity contribution in [3.63, 3.8) is 0 Å². The molecule has 3 nitrogen and oxygen atoms in total. The molecule has 17 heavy (non-hydrogen) atoms. The van der Waals surface area contributed by atoms with Gasteiger partial charge in [-0.25, -0.2) is 0 Å². The predicted octanol–water partition coefficient (Wildman–Crippen LogP) is 1.91. The molecule has 3 heteroatoms. The summed E-state index contributed by atoms with van der Waals surface area (Å²) >= 11 is 0. The van der Waals surface area contributed by atoms with Crippen LogP contribution in [0.1, 0.15) is 12.0 Å². The van der Waals surface area contributed by atoms with Crippen molar-refractivity contribution in [1.29, 1.82) is 0 Å². The average Bonchev–Trinajstić information content (AvgIpc) is 3.10. The smallest absolute Gasteiger partial charge is 0.113 e. The van der Waals surface area contributed by atoms with E-state index in [0.29, 0.717) is 19.6 Å². The maximum atomic E-state index is 9.62. The molecular weight excluding hydrogens is 216 g/mol. The standard InChI is InChI=1S/C14H18O3/c1-2-6-12(15)14-13(17-14)10-16-9-11-7-4-3-5-8-11/h2-5,7-8,12-15H,1,6,9-10H2/t12-,13-,14+/m1/s1. The van der Waals surface area contributed by atoms with E-state index in [1.807, 2.05) is 30.3 Å². The van der Waals surface area contributed by atoms with Gasteiger partial charge in [0.1, 0.15) is 12.2 Å². The van der Waals surface area contributed by atoms with Crippen LogP contribution in [0.3, 0.4) is 0 Å². The molecule has 0 bridgehead atoms. The van der Waals surface area contributed by atoms with Crippen molar-refractivity contribution in [2.45, 2.75) is 31.3 Å². The zero-order valence-corrected chi connectivity index (χ0v) is 9.79. The van der Waals surface area contributed by atoms with Crippen LogP contribution in [0.2, 0.25) is 0 Å². The summed E-state index contributed by atoms with van der Waals surface area (Å²) in [4.78, 5) is 0. The summed E-state index contributed by atoms with van der Waals surface area (Å²) in [6.07, 6.45) is 1.78. The van der Waals surface area contributed by atoms with Gasteiger partial charge in [-0.3, -0.25) is 0 Å². The van der Waals surface area contributed by atoms with Crippen LogP contribution in [0.5, 0.6) is 0 Å². The van der Waals surface area contributed by atoms with Crippen molar-refractivity contribution < 1.29 is 14.6 Å². The third kappa shape index (κ3) is 3.66. The first kappa shape index (κ1) is 12.3. The zero-order chi connectivity index (χ0) is 12.1. The maximum absolute atomic E-state index is 9.62. The van der Waals surface area contributed by atoms with Crippen molar-refractivity contribution in [3.05, 3.63) is 48.6 Å². The molecule has 1 aliphatic rings. The van der Waals surface area contributed by atoms with Gasteiger partial charge in [0.25, 0.3) is 0 Å². The Morgan fingerprint density at radius 2 is 2.18 bits per heavy atom. The Bertz CT molecular complexity index is 350. The van der Waals surface area contributed by atoms with E-state index in [-0.39, 0.29) is 12.2 Å². The molecule has 3 atom stereocenters. The van der Waals surface area contributed by atoms with E-state index >= 15 is 0 Å². The van der Waals surface area contributed by atoms with E-state index in [1.54, 1.807) is 6.08 Å². The molecule has 1 N–H and O–H groups in total. The fourth-order valence-electron chi connectivity index (χ4n) is 1.80. The molecule has 0 amide bonds. The second-order valence-electron chi connectivity index (χ2n) is 4.23. The highest BCUT2D eigenvalue weighted by atomic mass is 16.6. The molecule has 0 spiro atoms. The SMILES string of the molecule is C=CC[C@@H](O)[C@@H]1O[C@@H]1COCc1ccccc1. The van der Waals surface area contributed by atoms with Crippen LogP contribution in [0.15, 0.2) is 43.0 Å². The van der Waals surface area contributed by atoms with Crippen LogP contribution in [0.25, 0.3) is 0 Å². The third-order valence-corrected chi connectivity index (χ3v) is 2.80. The number of aliphatic hydroxyl groups is 1. The predicted molar refractivity (Wildman–Crippen MR) is 65.6 cm³/mol. The highest BCUT2D eigenvalue weighted by molar-refractivity contribution is 5.13. The number of hydrogen-bond donors (Lipinski definition) is 1. The minimum atomic E-state index is -0.446. The summed E-state index contributed by atoms with van der Waals surface area (Å²) in [6.45, 7) is 4.71. The first-order valence-electron chi connectivity index (χ1n) is 5.87. The van der Waals surface area contributed by atoms with Gasteiger partial charge in [-0.05, 0) is 12.0 Å². The van der Waals surface area contributed by atoms with E-state index in [1.165, 1.54) is 0 Å². The molecule has 0 saturated carbocycles. The van der Waals surface area contributed by atoms with Gasteiger partial charge in [0.2, 0.25) is 0 Å². The quantitative estimate of drug-likeness (QED) is 0.579. The third-order valence-electron chi connectivity index (χ3n) is 2.80. The van der Waals surface area contributed by atoms with Gasteiger partial charge in [-0.1, -0.05) is 36.4 Å². The number of hydrogen-bond acceptors (Lipinski definition) is 3. The summed E-state index contributed by atoms with van der Waals surface area (Å²) in [5, 5.41) is 9.62. The van der Waals surface area contributed by atoms with E-state index < -0.39 is 6.10 Å². The minimum absolute atomic E-state index is 0.0358. The molecule has 1 saturated heterocycles. The summed E-state index contributed by atoms with van der Waals surface area (Å²) < 4.78 is 10.9. The molecule has 1 aromatic carbocycles. The van der Waals surface area contributed by atoms with E-state index in [2.05, 4.69) is 6.58 Å². The van der Waals surface area contributed by atoms with Gasteiger partial charge in [-0.15, -0.1) is 6.58 Å². The Balaban J connectivity index is 1.63. The Morgan fingerprint density at radius 3 is 2.88 bits per heavy atom. The zero-order valence-electron chi connectivity index (χ0n) is 9.79. The fourth-order valence-corrected chi connectivity index (χ4v) is 1.80. The van der Waals surface area contributed by atoms with E-state index in [4.69, 9.17) is 9.47 Å². The van der Waals surface area contributed by atoms with Crippen molar-refractivity contribution in [1.82, 2.24) is 0 Å². The lowest BCUT2D eigenvalue weighted by Crippen LogP contribution is -2.18. The molecule has 1 fully saturated rings. The molecule has 1 aliphatic heterocycles. The van der Waals surface area contributed by atoms with Crippen LogP contribution in [-0.4, -0.2) is 30.0 Å². The minimum Gasteiger partial charge on any atom is -0.390 e. The van der Waals surface area contributed by atoms with Crippen molar-refractivity contribution in [2.75, 3.05) is 6.61 Å². The average molecular weight is 234 g/mol. The number of epoxide rings is 1. The van der Waals surface area contributed by atoms with Gasteiger partial charge >= 0.3 is 0 Å². The lowest BCUT2D eigenvalue weighted by atomic mass is 10.1. The summed E-state index contributed by atoms with van der Waals surface area (Å²) in [5.74, 6) is 0. The second-order valence-corrected chi connectivity index (χ2v) is 4.23. The lowest BCUT2D eigenvalue weighted by Gasteiger charge is -2.04. The van der Waals surface area contributed by atoms with Crippen LogP contribution in [0, 0.1) is 0 Å². The highest BCUT2D eigenvalue weighted by Crippen LogP contribution is 2.27. The summed E-state index contributed by atoms with van der Waals surface area (Å²) in [6, 6.07) is 10.0. The lowest BCUT2D eigenvalue weighted by molar-refractivity contribution is 0.104. The van der Waals surface area contributed by atoms with Gasteiger partial charge in [0, 0.05) is 0 Å². The summed E-state index contributed by atoms with van der Waals surface area (Å²) in [5.41, 5.74) is 1.15. The highest BCUT2D eigenvalue weighted by Gasteiger charge is 2.43. The normalized spacial score (nSPS) is 24.3. The number of ether oxygens (including phenoxy) is 2. The van der Waals surface area contributed by atoms with E-state index in [0.717, 1.165) is 5.56 Å². The monoisotopic (exact) mass is 234 g/mol. The molecule has 1 heterocycles. The molecular formula is C14H18O3. The van der Waals surface area contributed by atoms with Crippen molar-refractivity contribution in [2.24, 2.45) is 0 Å². The van der Waals surface area contributed by atoms with E-state index in [9.17, 15) is 5.11 Å². The molecule has 0 unspecified atom stereocenters. The van der Waals surface area contributed by atoms with Crippen molar-refractivity contribution in [3.8, 4) is 0 Å². The van der Waals surface area contributed by atoms with Crippen LogP contribution in [0.4, 0.5) is 0 Å². The second kappa shape index (κ2) is 5.96. The van der Waals surface area contributed by atoms with Gasteiger partial charge in [0.05, 0.1) is 19.3 Å². The van der Waals surface area contributed by atoms with Crippen LogP contribution >= 0.6 is 0 Å². The molecule has 1 aromatic rings. The number of benzene rings is 1. The fraction of sp³-hybridized carbons (Fsp3) is 0.429. The Kier molecular flexibility index (Phi) is 4.31. The Hall–Kier alpha value is -1.16. The van der Waals surface area contributed by atoms with Crippen LogP contribution in [-0.2, 0) is 16.1 Å². The molecule has 0 aliphatic carbocycles. The molecule has 0 aromatic heterocycles. The van der Waals surface area contributed by atoms with Gasteiger partial charge < -0.3 is 14.6 Å². The van der Waals surface area contributed by atoms with Gasteiger partial charge in [0.15, 0.2) is 0 Å². The topological polar surface area (TPSA) is 42.0 Å². The maximum Gasteiger partial charge on any atom is 0.113 e. The largest absolute Gasteiger partial charge is 0.390 e. The van der Waals surface area contributed by atoms with Gasteiger partial charge in [-0.2, -0.15) is 0 Å². The first-order valence-corrected chi connectivity index (χ1v) is 5.87. The molecule has 92 valence electrons. The first-order chi connectivity index (χ1) is 8.31. The number of rotatable bonds is 7. The molecule has 2 rings (SSSR count).